The molecule has 0 aliphatic carbocycles. The van der Waals surface area contributed by atoms with Crippen LogP contribution in [-0.4, -0.2) is 20.9 Å². The summed E-state index contributed by atoms with van der Waals surface area (Å²) in [7, 11) is 0.207. The van der Waals surface area contributed by atoms with E-state index in [1.54, 1.807) is 30.4 Å². The van der Waals surface area contributed by atoms with Crippen LogP contribution >= 0.6 is 0 Å². The van der Waals surface area contributed by atoms with Crippen molar-refractivity contribution < 1.29 is 57.3 Å². The fourth-order valence-corrected chi connectivity index (χ4v) is 2.85. The van der Waals surface area contributed by atoms with E-state index in [1.807, 2.05) is 18.2 Å². The summed E-state index contributed by atoms with van der Waals surface area (Å²) >= 11 is 1.74. The summed E-state index contributed by atoms with van der Waals surface area (Å²) in [5.41, 5.74) is 0.210. The average molecular weight is 519 g/mol. The first-order valence-electron chi connectivity index (χ1n) is 8.33. The maximum atomic E-state index is 5.74. The molecule has 2 nitrogen and oxygen atoms in total. The van der Waals surface area contributed by atoms with E-state index >= 15 is 0 Å². The standard InChI is InChI=1S/C9H15O2Si.C9H7.C2H6Si.2ClH.Zr/c1-10-8-5-6-9(7-8)11-12(2,3)4;1-2-5-9-7-3-6-8(9)4-1;1-3-2;;;/h5-7H,1-4H3;1-7H;1-2H3;2*1H;/q2*-1;;;;+2/p-2. The number of rotatable bonds is 3. The molecule has 0 atom stereocenters. The van der Waals surface area contributed by atoms with Crippen LogP contribution in [0.3, 0.4) is 0 Å². The molecule has 0 radical (unpaired) electrons. The predicted molar refractivity (Wildman–Crippen MR) is 110 cm³/mol. The summed E-state index contributed by atoms with van der Waals surface area (Å²) in [4.78, 5) is 0. The van der Waals surface area contributed by atoms with Gasteiger partial charge in [0.25, 0.3) is 0 Å². The van der Waals surface area contributed by atoms with Gasteiger partial charge in [-0.25, -0.2) is 0 Å². The van der Waals surface area contributed by atoms with Crippen LogP contribution in [0.5, 0.6) is 11.5 Å². The van der Waals surface area contributed by atoms with E-state index in [1.165, 1.54) is 10.8 Å². The minimum atomic E-state index is -1.45. The first-order valence-corrected chi connectivity index (χ1v) is 17.9. The van der Waals surface area contributed by atoms with Crippen molar-refractivity contribution in [3.63, 3.8) is 0 Å². The van der Waals surface area contributed by atoms with Crippen LogP contribution in [-0.2, 0) is 23.3 Å². The molecule has 7 heteroatoms. The van der Waals surface area contributed by atoms with Gasteiger partial charge in [0.05, 0.1) is 7.11 Å². The first kappa shape index (κ1) is 28.9. The van der Waals surface area contributed by atoms with Crippen molar-refractivity contribution in [2.45, 2.75) is 32.7 Å². The molecule has 27 heavy (non-hydrogen) atoms. The van der Waals surface area contributed by atoms with Gasteiger partial charge in [-0.05, 0) is 19.6 Å². The van der Waals surface area contributed by atoms with E-state index in [-0.39, 0.29) is 30.2 Å². The molecule has 0 aliphatic rings. The van der Waals surface area contributed by atoms with Gasteiger partial charge in [-0.15, -0.1) is 41.8 Å². The first-order chi connectivity index (χ1) is 11.7. The third-order valence-corrected chi connectivity index (χ3v) is 3.75. The molecule has 0 N–H and O–H groups in total. The number of benzene rings is 1. The van der Waals surface area contributed by atoms with Gasteiger partial charge in [0.1, 0.15) is 0 Å². The van der Waals surface area contributed by atoms with E-state index in [9.17, 15) is 0 Å². The average Bonchev–Trinajstić information content (AvgIpc) is 3.14. The van der Waals surface area contributed by atoms with Gasteiger partial charge in [-0.1, -0.05) is 11.8 Å². The maximum absolute atomic E-state index is 5.74. The fourth-order valence-electron chi connectivity index (χ4n) is 2.01. The monoisotopic (exact) mass is 516 g/mol. The Hall–Kier alpha value is -0.323. The SMILES string of the molecule is CO[c-]1ccc(O[Si](C)(C)C)c1.C[Si](C)=[Zr+2].[Cl-].[Cl-].c1ccc2[cH-]ccc2c1. The third-order valence-electron chi connectivity index (χ3n) is 2.90. The maximum Gasteiger partial charge on any atom is -0.0809 e. The van der Waals surface area contributed by atoms with Gasteiger partial charge in [0, 0.05) is 5.75 Å². The Morgan fingerprint density at radius 1 is 1.04 bits per heavy atom. The van der Waals surface area contributed by atoms with E-state index in [0.29, 0.717) is 0 Å². The molecule has 0 saturated carbocycles. The second-order valence-electron chi connectivity index (χ2n) is 6.86. The van der Waals surface area contributed by atoms with Crippen LogP contribution in [0.1, 0.15) is 0 Å². The summed E-state index contributed by atoms with van der Waals surface area (Å²) in [6, 6.07) is 20.4. The second kappa shape index (κ2) is 14.6. The van der Waals surface area contributed by atoms with Gasteiger partial charge < -0.3 is 34.0 Å². The number of ether oxygens (including phenoxy) is 1. The Balaban J connectivity index is 0. The number of halogens is 2. The van der Waals surface area contributed by atoms with E-state index in [4.69, 9.17) is 9.16 Å². The summed E-state index contributed by atoms with van der Waals surface area (Å²) in [5.74, 6) is 1.79. The predicted octanol–water partition coefficient (Wildman–Crippen LogP) is -0.0212. The summed E-state index contributed by atoms with van der Waals surface area (Å²) in [6.45, 7) is 11.1. The normalized spacial score (nSPS) is 9.48. The molecule has 0 heterocycles. The van der Waals surface area contributed by atoms with Gasteiger partial charge in [-0.3, -0.25) is 0 Å². The van der Waals surface area contributed by atoms with Crippen molar-refractivity contribution in [1.29, 1.82) is 0 Å². The zero-order valence-corrected chi connectivity index (χ0v) is 22.8. The molecular weight excluding hydrogens is 491 g/mol. The van der Waals surface area contributed by atoms with Crippen LogP contribution in [0, 0.1) is 0 Å². The zero-order chi connectivity index (χ0) is 18.9. The Morgan fingerprint density at radius 2 is 1.63 bits per heavy atom. The van der Waals surface area contributed by atoms with Crippen LogP contribution in [0.15, 0.2) is 60.7 Å². The van der Waals surface area contributed by atoms with Gasteiger partial charge in [-0.2, -0.15) is 23.6 Å². The van der Waals surface area contributed by atoms with E-state index in [0.717, 1.165) is 11.5 Å². The van der Waals surface area contributed by atoms with Crippen molar-refractivity contribution in [1.82, 2.24) is 0 Å². The molecule has 0 spiro atoms. The molecule has 0 saturated heterocycles. The van der Waals surface area contributed by atoms with Crippen molar-refractivity contribution in [3.8, 4) is 11.5 Å². The van der Waals surface area contributed by atoms with Crippen molar-refractivity contribution >= 4 is 24.5 Å². The van der Waals surface area contributed by atoms with Crippen molar-refractivity contribution in [2.75, 3.05) is 7.11 Å². The number of hydrogen-bond acceptors (Lipinski definition) is 2. The quantitative estimate of drug-likeness (QED) is 0.359. The number of fused-ring (bicyclic) bond motifs is 1. The molecule has 0 bridgehead atoms. The van der Waals surface area contributed by atoms with Crippen LogP contribution in [0.25, 0.3) is 10.8 Å². The molecule has 148 valence electrons. The number of methoxy groups -OCH3 is 1. The van der Waals surface area contributed by atoms with Gasteiger partial charge >= 0.3 is 41.9 Å². The third kappa shape index (κ3) is 13.5. The Bertz CT molecular complexity index is 745. The Morgan fingerprint density at radius 3 is 2.11 bits per heavy atom. The zero-order valence-electron chi connectivity index (χ0n) is 16.8. The van der Waals surface area contributed by atoms with Gasteiger partial charge in [0.15, 0.2) is 0 Å². The van der Waals surface area contributed by atoms with Crippen LogP contribution in [0.2, 0.25) is 32.7 Å². The Labute approximate surface area is 192 Å². The minimum Gasteiger partial charge on any atom is -1.00 e. The van der Waals surface area contributed by atoms with Crippen LogP contribution < -0.4 is 34.0 Å². The summed E-state index contributed by atoms with van der Waals surface area (Å²) < 4.78 is 10.8. The fraction of sp³-hybridized carbons (Fsp3) is 0.300. The molecule has 3 aromatic carbocycles. The molecule has 0 aromatic heterocycles. The summed E-state index contributed by atoms with van der Waals surface area (Å²) in [6.07, 6.45) is 0. The molecule has 3 aromatic rings. The van der Waals surface area contributed by atoms with Crippen LogP contribution in [0.4, 0.5) is 0 Å². The molecule has 3 rings (SSSR count). The minimum absolute atomic E-state index is 0. The van der Waals surface area contributed by atoms with Gasteiger partial charge in [0.2, 0.25) is 8.32 Å². The smallest absolute Gasteiger partial charge is 0.0809 e. The molecule has 0 aliphatic heterocycles. The second-order valence-corrected chi connectivity index (χ2v) is 20.7. The molecule has 0 fully saturated rings. The summed E-state index contributed by atoms with van der Waals surface area (Å²) in [5, 5.41) is 2.66. The largest absolute Gasteiger partial charge is 1.00 e. The molecule has 0 amide bonds. The van der Waals surface area contributed by atoms with E-state index in [2.05, 4.69) is 75.2 Å². The number of hydrogen-bond donors (Lipinski definition) is 0. The molecule has 0 unspecified atom stereocenters. The molecular formula is C20H28Cl2O2Si2Zr-2. The Kier molecular flexibility index (Phi) is 15.7. The van der Waals surface area contributed by atoms with Crippen molar-refractivity contribution in [3.05, 3.63) is 60.7 Å². The van der Waals surface area contributed by atoms with Crippen molar-refractivity contribution in [2.24, 2.45) is 0 Å². The van der Waals surface area contributed by atoms with E-state index < -0.39 is 8.32 Å². The topological polar surface area (TPSA) is 18.5 Å².